The number of carbonyl (C=O) groups is 1. The fourth-order valence-electron chi connectivity index (χ4n) is 4.77. The first-order valence-electron chi connectivity index (χ1n) is 12.2. The Morgan fingerprint density at radius 1 is 1.05 bits per heavy atom. The SMILES string of the molecule is CC1=C(NS(=O)(=O)c2cccc3cccnc23)CCC(C(=O)N2CCN(Cc3ccncc3F)CC2)=C1. The zero-order valence-electron chi connectivity index (χ0n) is 20.5. The van der Waals surface area contributed by atoms with Crippen molar-refractivity contribution in [3.63, 3.8) is 0 Å². The maximum Gasteiger partial charge on any atom is 0.263 e. The lowest BCUT2D eigenvalue weighted by atomic mass is 9.96. The Balaban J connectivity index is 1.24. The predicted octanol–water partition coefficient (Wildman–Crippen LogP) is 3.39. The van der Waals surface area contributed by atoms with Crippen LogP contribution >= 0.6 is 0 Å². The molecule has 2 aliphatic rings. The summed E-state index contributed by atoms with van der Waals surface area (Å²) in [5.41, 5.74) is 2.98. The van der Waals surface area contributed by atoms with Gasteiger partial charge in [0, 0.05) is 67.3 Å². The number of rotatable bonds is 6. The highest BCUT2D eigenvalue weighted by atomic mass is 32.2. The normalized spacial score (nSPS) is 17.1. The number of hydrogen-bond acceptors (Lipinski definition) is 6. The van der Waals surface area contributed by atoms with E-state index in [4.69, 9.17) is 0 Å². The number of carbonyl (C=O) groups excluding carboxylic acids is 1. The number of halogens is 1. The van der Waals surface area contributed by atoms with E-state index in [0.29, 0.717) is 67.9 Å². The molecule has 37 heavy (non-hydrogen) atoms. The number of para-hydroxylation sites is 1. The summed E-state index contributed by atoms with van der Waals surface area (Å²) in [5.74, 6) is -0.354. The average Bonchev–Trinajstić information content (AvgIpc) is 2.91. The van der Waals surface area contributed by atoms with Crippen molar-refractivity contribution < 1.29 is 17.6 Å². The molecule has 5 rings (SSSR count). The number of aromatic nitrogens is 2. The Morgan fingerprint density at radius 2 is 1.84 bits per heavy atom. The van der Waals surface area contributed by atoms with E-state index in [9.17, 15) is 17.6 Å². The number of amides is 1. The summed E-state index contributed by atoms with van der Waals surface area (Å²) < 4.78 is 43.0. The highest BCUT2D eigenvalue weighted by Gasteiger charge is 2.27. The molecule has 2 aromatic heterocycles. The second kappa shape index (κ2) is 10.4. The summed E-state index contributed by atoms with van der Waals surface area (Å²) in [6.07, 6.45) is 7.02. The van der Waals surface area contributed by atoms with Crippen LogP contribution in [0, 0.1) is 5.82 Å². The molecule has 8 nitrogen and oxygen atoms in total. The maximum absolute atomic E-state index is 13.9. The molecule has 0 radical (unpaired) electrons. The van der Waals surface area contributed by atoms with E-state index in [1.54, 1.807) is 42.7 Å². The summed E-state index contributed by atoms with van der Waals surface area (Å²) in [6, 6.07) is 10.3. The Morgan fingerprint density at radius 3 is 2.59 bits per heavy atom. The topological polar surface area (TPSA) is 95.5 Å². The molecule has 1 aliphatic carbocycles. The van der Waals surface area contributed by atoms with Crippen LogP contribution in [0.1, 0.15) is 25.3 Å². The van der Waals surface area contributed by atoms with Crippen LogP contribution in [0.2, 0.25) is 0 Å². The van der Waals surface area contributed by atoms with Gasteiger partial charge < -0.3 is 4.90 Å². The number of sulfonamides is 1. The van der Waals surface area contributed by atoms with Crippen molar-refractivity contribution in [2.45, 2.75) is 31.2 Å². The molecule has 10 heteroatoms. The largest absolute Gasteiger partial charge is 0.336 e. The number of nitrogens with one attached hydrogen (secondary N) is 1. The van der Waals surface area contributed by atoms with Crippen molar-refractivity contribution in [2.24, 2.45) is 0 Å². The van der Waals surface area contributed by atoms with E-state index in [-0.39, 0.29) is 16.6 Å². The summed E-state index contributed by atoms with van der Waals surface area (Å²) in [4.78, 5) is 25.3. The zero-order valence-corrected chi connectivity index (χ0v) is 21.3. The Hall–Kier alpha value is -3.63. The number of benzene rings is 1. The Bertz CT molecular complexity index is 1510. The monoisotopic (exact) mass is 521 g/mol. The van der Waals surface area contributed by atoms with Gasteiger partial charge in [-0.2, -0.15) is 0 Å². The molecule has 3 heterocycles. The first kappa shape index (κ1) is 25.0. The van der Waals surface area contributed by atoms with Gasteiger partial charge in [0.15, 0.2) is 0 Å². The van der Waals surface area contributed by atoms with Gasteiger partial charge in [-0.1, -0.05) is 18.2 Å². The van der Waals surface area contributed by atoms with E-state index >= 15 is 0 Å². The van der Waals surface area contributed by atoms with Crippen LogP contribution in [0.15, 0.2) is 82.8 Å². The second-order valence-corrected chi connectivity index (χ2v) is 11.0. The molecular formula is C27H28FN5O3S. The predicted molar refractivity (Wildman–Crippen MR) is 138 cm³/mol. The van der Waals surface area contributed by atoms with Gasteiger partial charge >= 0.3 is 0 Å². The standard InChI is InChI=1S/C27H28FN5O3S/c1-19-16-21(27(34)33-14-12-32(13-15-33)18-22-9-11-29-17-23(22)28)7-8-24(19)31-37(35,36)25-6-2-4-20-5-3-10-30-26(20)25/h2-6,9-11,16-17,31H,7-8,12-15,18H2,1H3. The summed E-state index contributed by atoms with van der Waals surface area (Å²) >= 11 is 0. The lowest BCUT2D eigenvalue weighted by Crippen LogP contribution is -2.48. The maximum atomic E-state index is 13.9. The first-order chi connectivity index (χ1) is 17.8. The molecule has 192 valence electrons. The molecular weight excluding hydrogens is 493 g/mol. The van der Waals surface area contributed by atoms with E-state index in [1.807, 2.05) is 24.0 Å². The number of hydrogen-bond donors (Lipinski definition) is 1. The van der Waals surface area contributed by atoms with E-state index in [1.165, 1.54) is 6.20 Å². The van der Waals surface area contributed by atoms with Gasteiger partial charge in [0.25, 0.3) is 10.0 Å². The van der Waals surface area contributed by atoms with Crippen LogP contribution in [0.4, 0.5) is 4.39 Å². The molecule has 0 spiro atoms. The molecule has 1 N–H and O–H groups in total. The minimum absolute atomic E-state index is 0.0331. The minimum Gasteiger partial charge on any atom is -0.336 e. The van der Waals surface area contributed by atoms with Gasteiger partial charge in [-0.25, -0.2) is 12.8 Å². The van der Waals surface area contributed by atoms with Crippen molar-refractivity contribution in [3.8, 4) is 0 Å². The van der Waals surface area contributed by atoms with Crippen molar-refractivity contribution in [1.29, 1.82) is 0 Å². The van der Waals surface area contributed by atoms with Gasteiger partial charge in [-0.3, -0.25) is 24.4 Å². The van der Waals surface area contributed by atoms with Gasteiger partial charge in [-0.05, 0) is 49.6 Å². The number of pyridine rings is 2. The number of allylic oxidation sites excluding steroid dienone is 3. The molecule has 0 unspecified atom stereocenters. The van der Waals surface area contributed by atoms with E-state index < -0.39 is 10.0 Å². The molecule has 1 aliphatic heterocycles. The third kappa shape index (κ3) is 5.40. The summed E-state index contributed by atoms with van der Waals surface area (Å²) in [7, 11) is -3.84. The lowest BCUT2D eigenvalue weighted by Gasteiger charge is -2.35. The third-order valence-corrected chi connectivity index (χ3v) is 8.26. The number of fused-ring (bicyclic) bond motifs is 1. The van der Waals surface area contributed by atoms with Gasteiger partial charge in [0.1, 0.15) is 10.7 Å². The van der Waals surface area contributed by atoms with Crippen molar-refractivity contribution in [2.75, 3.05) is 26.2 Å². The number of nitrogens with zero attached hydrogens (tertiary/aromatic N) is 4. The van der Waals surface area contributed by atoms with Crippen LogP contribution in [-0.2, 0) is 21.4 Å². The highest BCUT2D eigenvalue weighted by molar-refractivity contribution is 7.89. The van der Waals surface area contributed by atoms with Gasteiger partial charge in [-0.15, -0.1) is 0 Å². The molecule has 1 fully saturated rings. The molecule has 1 aromatic carbocycles. The van der Waals surface area contributed by atoms with Crippen LogP contribution in [0.5, 0.6) is 0 Å². The van der Waals surface area contributed by atoms with Crippen LogP contribution < -0.4 is 4.72 Å². The smallest absolute Gasteiger partial charge is 0.263 e. The molecule has 1 amide bonds. The highest BCUT2D eigenvalue weighted by Crippen LogP contribution is 2.27. The Labute approximate surface area is 215 Å². The van der Waals surface area contributed by atoms with E-state index in [2.05, 4.69) is 19.6 Å². The molecule has 0 bridgehead atoms. The summed E-state index contributed by atoms with van der Waals surface area (Å²) in [5, 5.41) is 0.749. The van der Waals surface area contributed by atoms with Crippen LogP contribution in [0.25, 0.3) is 10.9 Å². The third-order valence-electron chi connectivity index (χ3n) is 6.84. The van der Waals surface area contributed by atoms with Crippen molar-refractivity contribution in [1.82, 2.24) is 24.5 Å². The molecule has 3 aromatic rings. The molecule has 1 saturated heterocycles. The first-order valence-corrected chi connectivity index (χ1v) is 13.7. The summed E-state index contributed by atoms with van der Waals surface area (Å²) in [6.45, 7) is 4.71. The van der Waals surface area contributed by atoms with E-state index in [0.717, 1.165) is 11.0 Å². The quantitative estimate of drug-likeness (QED) is 0.534. The van der Waals surface area contributed by atoms with Gasteiger partial charge in [0.2, 0.25) is 5.91 Å². The van der Waals surface area contributed by atoms with Crippen LogP contribution in [0.3, 0.4) is 0 Å². The lowest BCUT2D eigenvalue weighted by molar-refractivity contribution is -0.129. The fourth-order valence-corrected chi connectivity index (χ4v) is 6.15. The van der Waals surface area contributed by atoms with Crippen molar-refractivity contribution >= 4 is 26.8 Å². The second-order valence-electron chi connectivity index (χ2n) is 9.30. The Kier molecular flexibility index (Phi) is 7.03. The van der Waals surface area contributed by atoms with Gasteiger partial charge in [0.05, 0.1) is 11.7 Å². The number of piperazine rings is 1. The molecule has 0 saturated carbocycles. The molecule has 0 atom stereocenters. The average molecular weight is 522 g/mol. The fraction of sp³-hybridized carbons (Fsp3) is 0.296. The zero-order chi connectivity index (χ0) is 26.0. The van der Waals surface area contributed by atoms with Crippen molar-refractivity contribution in [3.05, 3.63) is 89.3 Å². The minimum atomic E-state index is -3.84. The van der Waals surface area contributed by atoms with Crippen LogP contribution in [-0.4, -0.2) is 60.3 Å².